The maximum Gasteiger partial charge on any atom is 0.320 e. The molecule has 1 unspecified atom stereocenters. The third kappa shape index (κ3) is 6.66. The molecule has 2 aromatic carbocycles. The number of nitrogens with one attached hydrogen (secondary N) is 3. The van der Waals surface area contributed by atoms with Crippen molar-refractivity contribution in [2.75, 3.05) is 36.2 Å². The molecule has 0 radical (unpaired) electrons. The third-order valence-corrected chi connectivity index (χ3v) is 7.95. The highest BCUT2D eigenvalue weighted by Gasteiger charge is 2.43. The third-order valence-electron chi connectivity index (χ3n) is 7.95. The zero-order valence-electron chi connectivity index (χ0n) is 25.1. The van der Waals surface area contributed by atoms with Gasteiger partial charge in [0.1, 0.15) is 11.6 Å². The van der Waals surface area contributed by atoms with Crippen LogP contribution in [0.15, 0.2) is 72.7 Å². The summed E-state index contributed by atoms with van der Waals surface area (Å²) in [4.78, 5) is 24.3. The molecule has 10 heteroatoms. The Morgan fingerprint density at radius 1 is 1.10 bits per heavy atom. The first-order valence-corrected chi connectivity index (χ1v) is 14.5. The van der Waals surface area contributed by atoms with Crippen LogP contribution in [0.3, 0.4) is 0 Å². The standard InChI is InChI=1S/C32H41N7O3/c1-6-23-11-13-25(14-12-23)39-27(21-32(5,37-39)31(2,3)4)35-30(40)34-22-24-9-7-8-10-26(24)42-28-15-16-33-29(36-28)38-17-19-41-20-18-38/h7-16,21,37H,6,17-20,22H2,1-5H3,(H2,34,35,40). The molecule has 1 saturated heterocycles. The second-order valence-corrected chi connectivity index (χ2v) is 11.8. The topological polar surface area (TPSA) is 104 Å². The lowest BCUT2D eigenvalue weighted by Crippen LogP contribution is -2.54. The van der Waals surface area contributed by atoms with Gasteiger partial charge in [-0.15, -0.1) is 0 Å². The van der Waals surface area contributed by atoms with Crippen LogP contribution in [0.1, 0.15) is 45.7 Å². The molecule has 42 heavy (non-hydrogen) atoms. The van der Waals surface area contributed by atoms with Gasteiger partial charge in [0.05, 0.1) is 24.4 Å². The fourth-order valence-electron chi connectivity index (χ4n) is 4.73. The van der Waals surface area contributed by atoms with Crippen LogP contribution in [0.4, 0.5) is 16.4 Å². The van der Waals surface area contributed by atoms with Crippen LogP contribution in [0, 0.1) is 5.41 Å². The van der Waals surface area contributed by atoms with E-state index in [1.54, 1.807) is 12.3 Å². The van der Waals surface area contributed by atoms with Gasteiger partial charge in [0, 0.05) is 37.5 Å². The van der Waals surface area contributed by atoms with Crippen molar-refractivity contribution >= 4 is 17.7 Å². The van der Waals surface area contributed by atoms with Gasteiger partial charge in [-0.3, -0.25) is 10.3 Å². The van der Waals surface area contributed by atoms with E-state index in [1.807, 2.05) is 29.3 Å². The first-order valence-electron chi connectivity index (χ1n) is 14.5. The molecule has 3 heterocycles. The number of morpholine rings is 1. The molecule has 3 aromatic rings. The van der Waals surface area contributed by atoms with E-state index >= 15 is 0 Å². The molecule has 5 rings (SSSR count). The smallest absolute Gasteiger partial charge is 0.320 e. The van der Waals surface area contributed by atoms with E-state index in [1.165, 1.54) is 5.56 Å². The van der Waals surface area contributed by atoms with Crippen molar-refractivity contribution in [3.8, 4) is 11.6 Å². The summed E-state index contributed by atoms with van der Waals surface area (Å²) >= 11 is 0. The molecule has 2 amide bonds. The molecule has 1 fully saturated rings. The number of benzene rings is 2. The first kappa shape index (κ1) is 29.3. The molecular weight excluding hydrogens is 530 g/mol. The lowest BCUT2D eigenvalue weighted by molar-refractivity contribution is 0.122. The van der Waals surface area contributed by atoms with Crippen molar-refractivity contribution in [3.63, 3.8) is 0 Å². The van der Waals surface area contributed by atoms with Crippen LogP contribution >= 0.6 is 0 Å². The quantitative estimate of drug-likeness (QED) is 0.342. The number of hydrogen-bond acceptors (Lipinski definition) is 8. The number of aromatic nitrogens is 2. The number of hydrogen-bond donors (Lipinski definition) is 3. The molecule has 2 aliphatic heterocycles. The van der Waals surface area contributed by atoms with Crippen molar-refractivity contribution < 1.29 is 14.3 Å². The lowest BCUT2D eigenvalue weighted by atomic mass is 9.76. The van der Waals surface area contributed by atoms with Crippen LogP contribution in [0.25, 0.3) is 0 Å². The van der Waals surface area contributed by atoms with Crippen LogP contribution < -0.4 is 30.7 Å². The highest BCUT2D eigenvalue weighted by Crippen LogP contribution is 2.38. The first-order chi connectivity index (χ1) is 20.1. The molecule has 0 aliphatic carbocycles. The second-order valence-electron chi connectivity index (χ2n) is 11.8. The van der Waals surface area contributed by atoms with E-state index in [0.29, 0.717) is 36.6 Å². The van der Waals surface area contributed by atoms with E-state index in [-0.39, 0.29) is 23.5 Å². The highest BCUT2D eigenvalue weighted by molar-refractivity contribution is 5.77. The Morgan fingerprint density at radius 2 is 1.83 bits per heavy atom. The van der Waals surface area contributed by atoms with Crippen molar-refractivity contribution in [2.45, 2.75) is 53.1 Å². The van der Waals surface area contributed by atoms with Gasteiger partial charge in [-0.1, -0.05) is 58.0 Å². The second kappa shape index (κ2) is 12.4. The van der Waals surface area contributed by atoms with E-state index < -0.39 is 0 Å². The van der Waals surface area contributed by atoms with Crippen LogP contribution in [-0.2, 0) is 17.7 Å². The van der Waals surface area contributed by atoms with Crippen LogP contribution in [0.5, 0.6) is 11.6 Å². The van der Waals surface area contributed by atoms with Gasteiger partial charge in [0.25, 0.3) is 0 Å². The van der Waals surface area contributed by atoms with E-state index in [9.17, 15) is 4.79 Å². The summed E-state index contributed by atoms with van der Waals surface area (Å²) in [6, 6.07) is 17.4. The van der Waals surface area contributed by atoms with Gasteiger partial charge in [0.15, 0.2) is 0 Å². The number of carbonyl (C=O) groups is 1. The number of rotatable bonds is 8. The fourth-order valence-corrected chi connectivity index (χ4v) is 4.73. The van der Waals surface area contributed by atoms with E-state index in [4.69, 9.17) is 9.47 Å². The SMILES string of the molecule is CCc1ccc(N2NC(C)(C(C)(C)C)C=C2NC(=O)NCc2ccccc2Oc2ccnc(N3CCOCC3)n2)cc1. The maximum absolute atomic E-state index is 13.2. The predicted molar refractivity (Wildman–Crippen MR) is 164 cm³/mol. The number of para-hydroxylation sites is 1. The van der Waals surface area contributed by atoms with Gasteiger partial charge in [-0.05, 0) is 48.6 Å². The molecule has 0 bridgehead atoms. The number of aryl methyl sites for hydroxylation is 1. The highest BCUT2D eigenvalue weighted by atomic mass is 16.5. The minimum atomic E-state index is -0.378. The molecule has 1 aromatic heterocycles. The molecule has 1 atom stereocenters. The summed E-state index contributed by atoms with van der Waals surface area (Å²) in [7, 11) is 0. The minimum absolute atomic E-state index is 0.104. The predicted octanol–water partition coefficient (Wildman–Crippen LogP) is 5.14. The minimum Gasteiger partial charge on any atom is -0.439 e. The van der Waals surface area contributed by atoms with Crippen molar-refractivity contribution in [1.29, 1.82) is 0 Å². The van der Waals surface area contributed by atoms with Gasteiger partial charge >= 0.3 is 6.03 Å². The number of urea groups is 1. The van der Waals surface area contributed by atoms with Crippen molar-refractivity contribution in [2.24, 2.45) is 5.41 Å². The van der Waals surface area contributed by atoms with E-state index in [2.05, 4.69) is 95.9 Å². The van der Waals surface area contributed by atoms with Gasteiger partial charge < -0.3 is 19.7 Å². The monoisotopic (exact) mass is 571 g/mol. The number of ether oxygens (including phenoxy) is 2. The summed E-state index contributed by atoms with van der Waals surface area (Å²) in [5.74, 6) is 2.34. The Hall–Kier alpha value is -4.15. The maximum atomic E-state index is 13.2. The summed E-state index contributed by atoms with van der Waals surface area (Å²) in [6.45, 7) is 13.8. The Morgan fingerprint density at radius 3 is 2.55 bits per heavy atom. The molecule has 0 saturated carbocycles. The molecule has 2 aliphatic rings. The van der Waals surface area contributed by atoms with Gasteiger partial charge in [-0.25, -0.2) is 15.2 Å². The molecule has 3 N–H and O–H groups in total. The summed E-state index contributed by atoms with van der Waals surface area (Å²) < 4.78 is 11.6. The number of amides is 2. The largest absolute Gasteiger partial charge is 0.439 e. The Bertz CT molecular complexity index is 1410. The Balaban J connectivity index is 1.27. The van der Waals surface area contributed by atoms with E-state index in [0.717, 1.165) is 30.8 Å². The zero-order chi connectivity index (χ0) is 29.7. The van der Waals surface area contributed by atoms with Crippen molar-refractivity contribution in [1.82, 2.24) is 26.0 Å². The summed E-state index contributed by atoms with van der Waals surface area (Å²) in [5, 5.41) is 8.00. The summed E-state index contributed by atoms with van der Waals surface area (Å²) in [6.07, 6.45) is 4.74. The summed E-state index contributed by atoms with van der Waals surface area (Å²) in [5.41, 5.74) is 6.16. The average molecular weight is 572 g/mol. The van der Waals surface area contributed by atoms with Gasteiger partial charge in [0.2, 0.25) is 11.8 Å². The molecular formula is C32H41N7O3. The number of nitrogens with zero attached hydrogens (tertiary/aromatic N) is 4. The van der Waals surface area contributed by atoms with Crippen LogP contribution in [-0.4, -0.2) is 47.8 Å². The lowest BCUT2D eigenvalue weighted by Gasteiger charge is -2.38. The normalized spacial score (nSPS) is 18.9. The molecule has 222 valence electrons. The zero-order valence-corrected chi connectivity index (χ0v) is 25.1. The van der Waals surface area contributed by atoms with Crippen LogP contribution in [0.2, 0.25) is 0 Å². The fraction of sp³-hybridized carbons (Fsp3) is 0.406. The Labute approximate surface area is 248 Å². The Kier molecular flexibility index (Phi) is 8.65. The molecule has 0 spiro atoms. The van der Waals surface area contributed by atoms with Crippen molar-refractivity contribution in [3.05, 3.63) is 83.8 Å². The number of hydrazine groups is 1. The average Bonchev–Trinajstić information content (AvgIpc) is 3.34. The number of carbonyl (C=O) groups excluding carboxylic acids is 1. The number of anilines is 2. The molecule has 10 nitrogen and oxygen atoms in total. The van der Waals surface area contributed by atoms with Gasteiger partial charge in [-0.2, -0.15) is 4.98 Å².